The number of benzene rings is 4. The highest BCUT2D eigenvalue weighted by Gasteiger charge is 2.13. The Morgan fingerprint density at radius 3 is 1.67 bits per heavy atom. The van der Waals surface area contributed by atoms with Gasteiger partial charge in [-0.25, -0.2) is 0 Å². The summed E-state index contributed by atoms with van der Waals surface area (Å²) in [6.07, 6.45) is 0. The molecule has 0 bridgehead atoms. The van der Waals surface area contributed by atoms with Crippen LogP contribution in [0, 0.1) is 0 Å². The molecule has 0 radical (unpaired) electrons. The molecule has 0 atom stereocenters. The van der Waals surface area contributed by atoms with Gasteiger partial charge >= 0.3 is 0 Å². The number of ether oxygens (including phenoxy) is 2. The molecular formula is C25H16Cl2O3. The van der Waals surface area contributed by atoms with Gasteiger partial charge in [0.1, 0.15) is 23.0 Å². The molecule has 0 saturated carbocycles. The number of carbonyl (C=O) groups excluding carboxylic acids is 1. The lowest BCUT2D eigenvalue weighted by atomic mass is 10.0. The fraction of sp³-hybridized carbons (Fsp3) is 0. The van der Waals surface area contributed by atoms with Crippen molar-refractivity contribution in [3.63, 3.8) is 0 Å². The Hall–Kier alpha value is -3.27. The quantitative estimate of drug-likeness (QED) is 0.290. The van der Waals surface area contributed by atoms with Crippen molar-refractivity contribution in [1.29, 1.82) is 0 Å². The van der Waals surface area contributed by atoms with Crippen LogP contribution in [0.15, 0.2) is 97.1 Å². The topological polar surface area (TPSA) is 35.5 Å². The normalized spacial score (nSPS) is 10.5. The highest BCUT2D eigenvalue weighted by Crippen LogP contribution is 2.28. The minimum absolute atomic E-state index is 0.198. The molecule has 4 aromatic carbocycles. The third-order valence-corrected chi connectivity index (χ3v) is 4.89. The fourth-order valence-electron chi connectivity index (χ4n) is 2.84. The molecule has 0 heterocycles. The van der Waals surface area contributed by atoms with Crippen molar-refractivity contribution in [3.8, 4) is 23.0 Å². The Balaban J connectivity index is 1.43. The molecule has 0 aromatic heterocycles. The molecule has 0 unspecified atom stereocenters. The van der Waals surface area contributed by atoms with Crippen LogP contribution in [0.5, 0.6) is 23.0 Å². The van der Waals surface area contributed by atoms with Crippen LogP contribution in [-0.2, 0) is 0 Å². The standard InChI is InChI=1S/C25H16Cl2O3/c26-18-8-15-24(27)23(16-18)25(28)17-6-9-20(10-7-17)30-22-13-11-21(12-14-22)29-19-4-2-1-3-5-19/h1-16H. The maximum absolute atomic E-state index is 12.7. The van der Waals surface area contributed by atoms with Crippen molar-refractivity contribution < 1.29 is 14.3 Å². The predicted octanol–water partition coefficient (Wildman–Crippen LogP) is 7.81. The summed E-state index contributed by atoms with van der Waals surface area (Å²) in [5.74, 6) is 2.56. The van der Waals surface area contributed by atoms with Crippen molar-refractivity contribution in [1.82, 2.24) is 0 Å². The molecule has 3 nitrogen and oxygen atoms in total. The van der Waals surface area contributed by atoms with Gasteiger partial charge in [-0.15, -0.1) is 0 Å². The molecule has 0 aliphatic rings. The summed E-state index contributed by atoms with van der Waals surface area (Å²) in [6, 6.07) is 28.6. The second-order valence-corrected chi connectivity index (χ2v) is 7.31. The molecule has 0 saturated heterocycles. The number of rotatable bonds is 6. The minimum Gasteiger partial charge on any atom is -0.457 e. The number of halogens is 2. The van der Waals surface area contributed by atoms with Crippen molar-refractivity contribution in [2.24, 2.45) is 0 Å². The molecule has 0 aliphatic carbocycles. The Kier molecular flexibility index (Phi) is 6.03. The number of carbonyl (C=O) groups is 1. The summed E-state index contributed by atoms with van der Waals surface area (Å²) in [7, 11) is 0. The third kappa shape index (κ3) is 4.82. The molecule has 5 heteroatoms. The van der Waals surface area contributed by atoms with Gasteiger partial charge in [0.2, 0.25) is 0 Å². The Morgan fingerprint density at radius 2 is 1.10 bits per heavy atom. The lowest BCUT2D eigenvalue weighted by Crippen LogP contribution is -2.02. The molecule has 148 valence electrons. The summed E-state index contributed by atoms with van der Waals surface area (Å²) < 4.78 is 11.6. The monoisotopic (exact) mass is 434 g/mol. The first-order valence-corrected chi connectivity index (χ1v) is 9.95. The predicted molar refractivity (Wildman–Crippen MR) is 119 cm³/mol. The van der Waals surface area contributed by atoms with Gasteiger partial charge in [0.05, 0.1) is 5.02 Å². The van der Waals surface area contributed by atoms with Crippen LogP contribution < -0.4 is 9.47 Å². The van der Waals surface area contributed by atoms with E-state index in [0.717, 1.165) is 5.75 Å². The maximum Gasteiger partial charge on any atom is 0.194 e. The van der Waals surface area contributed by atoms with E-state index in [9.17, 15) is 4.79 Å². The molecule has 0 aliphatic heterocycles. The molecular weight excluding hydrogens is 419 g/mol. The van der Waals surface area contributed by atoms with Crippen LogP contribution in [0.4, 0.5) is 0 Å². The lowest BCUT2D eigenvalue weighted by Gasteiger charge is -2.09. The van der Waals surface area contributed by atoms with E-state index in [-0.39, 0.29) is 5.78 Å². The average Bonchev–Trinajstić information content (AvgIpc) is 2.77. The van der Waals surface area contributed by atoms with E-state index < -0.39 is 0 Å². The van der Waals surface area contributed by atoms with Gasteiger partial charge < -0.3 is 9.47 Å². The zero-order chi connectivity index (χ0) is 20.9. The second-order valence-electron chi connectivity index (χ2n) is 6.47. The number of para-hydroxylation sites is 1. The van der Waals surface area contributed by atoms with E-state index in [1.807, 2.05) is 54.6 Å². The molecule has 30 heavy (non-hydrogen) atoms. The third-order valence-electron chi connectivity index (χ3n) is 4.33. The maximum atomic E-state index is 12.7. The zero-order valence-corrected chi connectivity index (χ0v) is 17.2. The zero-order valence-electron chi connectivity index (χ0n) is 15.7. The van der Waals surface area contributed by atoms with Crippen LogP contribution in [0.1, 0.15) is 15.9 Å². The highest BCUT2D eigenvalue weighted by atomic mass is 35.5. The SMILES string of the molecule is O=C(c1ccc(Oc2ccc(Oc3ccccc3)cc2)cc1)c1cc(Cl)ccc1Cl. The number of ketones is 1. The Morgan fingerprint density at radius 1 is 0.600 bits per heavy atom. The molecule has 0 fully saturated rings. The lowest BCUT2D eigenvalue weighted by molar-refractivity contribution is 0.103. The largest absolute Gasteiger partial charge is 0.457 e. The van der Waals surface area contributed by atoms with Crippen molar-refractivity contribution in [3.05, 3.63) is 118 Å². The van der Waals surface area contributed by atoms with Crippen LogP contribution in [0.25, 0.3) is 0 Å². The molecule has 0 N–H and O–H groups in total. The van der Waals surface area contributed by atoms with Gasteiger partial charge in [-0.05, 0) is 78.9 Å². The molecule has 0 amide bonds. The Labute approximate surface area is 184 Å². The van der Waals surface area contributed by atoms with Crippen LogP contribution in [-0.4, -0.2) is 5.78 Å². The first kappa shape index (κ1) is 20.0. The van der Waals surface area contributed by atoms with E-state index in [1.165, 1.54) is 0 Å². The van der Waals surface area contributed by atoms with Crippen LogP contribution in [0.2, 0.25) is 10.0 Å². The minimum atomic E-state index is -0.198. The first-order chi connectivity index (χ1) is 14.6. The molecule has 4 aromatic rings. The second kappa shape index (κ2) is 9.04. The van der Waals surface area contributed by atoms with Crippen molar-refractivity contribution in [2.45, 2.75) is 0 Å². The van der Waals surface area contributed by atoms with Crippen molar-refractivity contribution >= 4 is 29.0 Å². The number of hydrogen-bond donors (Lipinski definition) is 0. The smallest absolute Gasteiger partial charge is 0.194 e. The van der Waals surface area contributed by atoms with Gasteiger partial charge in [-0.2, -0.15) is 0 Å². The van der Waals surface area contributed by atoms with Crippen molar-refractivity contribution in [2.75, 3.05) is 0 Å². The molecule has 4 rings (SSSR count). The van der Waals surface area contributed by atoms with E-state index in [2.05, 4.69) is 0 Å². The molecule has 0 spiro atoms. The summed E-state index contributed by atoms with van der Waals surface area (Å²) >= 11 is 12.1. The van der Waals surface area contributed by atoms with Crippen LogP contribution in [0.3, 0.4) is 0 Å². The van der Waals surface area contributed by atoms with Gasteiger partial charge in [0.25, 0.3) is 0 Å². The Bertz CT molecular complexity index is 1160. The fourth-order valence-corrected chi connectivity index (χ4v) is 3.21. The summed E-state index contributed by atoms with van der Waals surface area (Å²) in [4.78, 5) is 12.7. The first-order valence-electron chi connectivity index (χ1n) is 9.19. The van der Waals surface area contributed by atoms with E-state index in [4.69, 9.17) is 32.7 Å². The van der Waals surface area contributed by atoms with Gasteiger partial charge in [-0.3, -0.25) is 4.79 Å². The average molecular weight is 435 g/mol. The summed E-state index contributed by atoms with van der Waals surface area (Å²) in [5, 5.41) is 0.824. The van der Waals surface area contributed by atoms with Gasteiger partial charge in [0, 0.05) is 16.1 Å². The number of hydrogen-bond acceptors (Lipinski definition) is 3. The van der Waals surface area contributed by atoms with Gasteiger partial charge in [-0.1, -0.05) is 41.4 Å². The van der Waals surface area contributed by atoms with E-state index in [1.54, 1.807) is 42.5 Å². The van der Waals surface area contributed by atoms with Crippen LogP contribution >= 0.6 is 23.2 Å². The summed E-state index contributed by atoms with van der Waals surface area (Å²) in [6.45, 7) is 0. The summed E-state index contributed by atoms with van der Waals surface area (Å²) in [5.41, 5.74) is 0.866. The van der Waals surface area contributed by atoms with E-state index in [0.29, 0.717) is 38.4 Å². The van der Waals surface area contributed by atoms with E-state index >= 15 is 0 Å². The van der Waals surface area contributed by atoms with Gasteiger partial charge in [0.15, 0.2) is 5.78 Å². The highest BCUT2D eigenvalue weighted by molar-refractivity contribution is 6.36.